The van der Waals surface area contributed by atoms with E-state index in [-0.39, 0.29) is 0 Å². The summed E-state index contributed by atoms with van der Waals surface area (Å²) in [6.07, 6.45) is 14.4. The van der Waals surface area contributed by atoms with Crippen LogP contribution < -0.4 is 0 Å². The predicted molar refractivity (Wildman–Crippen MR) is 108 cm³/mol. The molecule has 0 aromatic heterocycles. The van der Waals surface area contributed by atoms with E-state index in [1.807, 2.05) is 0 Å². The maximum atomic E-state index is 3.75. The maximum Gasteiger partial charge on any atom is -0.00217 e. The van der Waals surface area contributed by atoms with Crippen molar-refractivity contribution in [2.24, 2.45) is 23.2 Å². The fraction of sp³-hybridized carbons (Fsp3) is 0.870. The molecule has 0 N–H and O–H groups in total. The van der Waals surface area contributed by atoms with Crippen LogP contribution in [0.4, 0.5) is 0 Å². The van der Waals surface area contributed by atoms with Gasteiger partial charge in [-0.1, -0.05) is 53.5 Å². The normalized spacial score (nSPS) is 26.2. The highest BCUT2D eigenvalue weighted by Crippen LogP contribution is 2.38. The minimum Gasteiger partial charge on any atom is -0.306 e. The van der Waals surface area contributed by atoms with Crippen LogP contribution in [0, 0.1) is 23.2 Å². The molecule has 1 saturated heterocycles. The first kappa shape index (κ1) is 21.5. The molecule has 1 aliphatic heterocycles. The zero-order valence-corrected chi connectivity index (χ0v) is 17.2. The Kier molecular flexibility index (Phi) is 10.0. The molecule has 1 nitrogen and oxygen atoms in total. The lowest BCUT2D eigenvalue weighted by Gasteiger charge is -2.33. The number of nitrogens with zero attached hydrogens (tertiary/aromatic N) is 1. The van der Waals surface area contributed by atoms with Gasteiger partial charge < -0.3 is 4.90 Å². The molecule has 0 spiro atoms. The van der Waals surface area contributed by atoms with Crippen molar-refractivity contribution in [1.29, 1.82) is 0 Å². The maximum absolute atomic E-state index is 3.75. The molecule has 0 radical (unpaired) electrons. The molecule has 0 aliphatic carbocycles. The molecule has 1 heteroatoms. The van der Waals surface area contributed by atoms with Crippen molar-refractivity contribution in [3.63, 3.8) is 0 Å². The van der Waals surface area contributed by atoms with Gasteiger partial charge in [0.15, 0.2) is 0 Å². The molecule has 1 heterocycles. The Morgan fingerprint density at radius 1 is 1.21 bits per heavy atom. The quantitative estimate of drug-likeness (QED) is 0.489. The van der Waals surface area contributed by atoms with Crippen LogP contribution in [0.3, 0.4) is 0 Å². The summed E-state index contributed by atoms with van der Waals surface area (Å²) in [6.45, 7) is 16.0. The second-order valence-corrected chi connectivity index (χ2v) is 9.15. The lowest BCUT2D eigenvalue weighted by Crippen LogP contribution is -2.23. The SMILES string of the molecule is C=C=CCC(C)C1CCCCN(C)CCCC(CC(C)(C)CC)C1. The van der Waals surface area contributed by atoms with Crippen molar-refractivity contribution in [2.75, 3.05) is 20.1 Å². The molecule has 0 amide bonds. The molecule has 0 aromatic carbocycles. The van der Waals surface area contributed by atoms with Gasteiger partial charge in [0.1, 0.15) is 0 Å². The first-order chi connectivity index (χ1) is 11.4. The Morgan fingerprint density at radius 3 is 2.58 bits per heavy atom. The van der Waals surface area contributed by atoms with Gasteiger partial charge in [-0.25, -0.2) is 0 Å². The van der Waals surface area contributed by atoms with E-state index in [1.54, 1.807) is 0 Å². The largest absolute Gasteiger partial charge is 0.306 e. The summed E-state index contributed by atoms with van der Waals surface area (Å²) >= 11 is 0. The fourth-order valence-corrected chi connectivity index (χ4v) is 4.30. The highest BCUT2D eigenvalue weighted by molar-refractivity contribution is 4.83. The van der Waals surface area contributed by atoms with Gasteiger partial charge >= 0.3 is 0 Å². The van der Waals surface area contributed by atoms with E-state index in [0.29, 0.717) is 5.41 Å². The average molecular weight is 334 g/mol. The molecule has 1 fully saturated rings. The first-order valence-electron chi connectivity index (χ1n) is 10.4. The number of hydrogen-bond acceptors (Lipinski definition) is 1. The molecule has 1 aliphatic rings. The summed E-state index contributed by atoms with van der Waals surface area (Å²) in [5.41, 5.74) is 3.47. The van der Waals surface area contributed by atoms with Crippen LogP contribution in [0.2, 0.25) is 0 Å². The van der Waals surface area contributed by atoms with Gasteiger partial charge in [-0.3, -0.25) is 0 Å². The Labute approximate surface area is 152 Å². The monoisotopic (exact) mass is 333 g/mol. The number of allylic oxidation sites excluding steroid dienone is 1. The third-order valence-corrected chi connectivity index (χ3v) is 6.39. The fourth-order valence-electron chi connectivity index (χ4n) is 4.30. The average Bonchev–Trinajstić information content (AvgIpc) is 2.57. The molecule has 0 saturated carbocycles. The summed E-state index contributed by atoms with van der Waals surface area (Å²) in [4.78, 5) is 2.55. The van der Waals surface area contributed by atoms with Crippen LogP contribution >= 0.6 is 0 Å². The Bertz CT molecular complexity index is 377. The van der Waals surface area contributed by atoms with Crippen LogP contribution in [0.1, 0.15) is 85.5 Å². The molecule has 3 atom stereocenters. The smallest absolute Gasteiger partial charge is 0.00217 e. The van der Waals surface area contributed by atoms with Gasteiger partial charge in [0.2, 0.25) is 0 Å². The predicted octanol–water partition coefficient (Wildman–Crippen LogP) is 6.70. The van der Waals surface area contributed by atoms with Gasteiger partial charge in [-0.2, -0.15) is 0 Å². The van der Waals surface area contributed by atoms with Crippen molar-refractivity contribution < 1.29 is 0 Å². The Balaban J connectivity index is 2.80. The highest BCUT2D eigenvalue weighted by Gasteiger charge is 2.26. The Hall–Kier alpha value is -0.520. The standard InChI is InChI=1S/C23H43N/c1-7-9-13-20(3)22-15-10-11-16-24(6)17-12-14-21(18-22)19-23(4,5)8-2/h9,20-22H,1,8,10-19H2,2-6H3. The first-order valence-corrected chi connectivity index (χ1v) is 10.4. The van der Waals surface area contributed by atoms with Crippen LogP contribution in [-0.2, 0) is 0 Å². The molecule has 0 bridgehead atoms. The van der Waals surface area contributed by atoms with E-state index < -0.39 is 0 Å². The van der Waals surface area contributed by atoms with Gasteiger partial charge in [-0.15, -0.1) is 5.73 Å². The van der Waals surface area contributed by atoms with E-state index in [9.17, 15) is 0 Å². The summed E-state index contributed by atoms with van der Waals surface area (Å²) < 4.78 is 0. The molecule has 1 rings (SSSR count). The third-order valence-electron chi connectivity index (χ3n) is 6.39. The zero-order valence-electron chi connectivity index (χ0n) is 17.2. The second-order valence-electron chi connectivity index (χ2n) is 9.15. The van der Waals surface area contributed by atoms with Gasteiger partial charge in [0.25, 0.3) is 0 Å². The number of hydrogen-bond donors (Lipinski definition) is 0. The van der Waals surface area contributed by atoms with Crippen LogP contribution in [0.15, 0.2) is 18.4 Å². The van der Waals surface area contributed by atoms with Crippen molar-refractivity contribution in [1.82, 2.24) is 4.90 Å². The minimum absolute atomic E-state index is 0.492. The van der Waals surface area contributed by atoms with E-state index in [2.05, 4.69) is 58.0 Å². The van der Waals surface area contributed by atoms with Gasteiger partial charge in [0.05, 0.1) is 0 Å². The highest BCUT2D eigenvalue weighted by atomic mass is 15.1. The molecular weight excluding hydrogens is 290 g/mol. The van der Waals surface area contributed by atoms with Crippen molar-refractivity contribution in [2.45, 2.75) is 85.5 Å². The summed E-state index contributed by atoms with van der Waals surface area (Å²) in [5.74, 6) is 2.53. The van der Waals surface area contributed by atoms with E-state index in [0.717, 1.165) is 24.2 Å². The minimum atomic E-state index is 0.492. The van der Waals surface area contributed by atoms with E-state index in [1.165, 1.54) is 64.5 Å². The van der Waals surface area contributed by atoms with Crippen molar-refractivity contribution >= 4 is 0 Å². The van der Waals surface area contributed by atoms with Crippen LogP contribution in [0.5, 0.6) is 0 Å². The van der Waals surface area contributed by atoms with Crippen LogP contribution in [0.25, 0.3) is 0 Å². The van der Waals surface area contributed by atoms with Crippen molar-refractivity contribution in [3.05, 3.63) is 18.4 Å². The molecule has 0 aromatic rings. The Morgan fingerprint density at radius 2 is 1.92 bits per heavy atom. The number of rotatable bonds is 6. The van der Waals surface area contributed by atoms with Crippen LogP contribution in [-0.4, -0.2) is 25.0 Å². The van der Waals surface area contributed by atoms with Gasteiger partial charge in [0, 0.05) is 0 Å². The van der Waals surface area contributed by atoms with E-state index >= 15 is 0 Å². The van der Waals surface area contributed by atoms with Crippen molar-refractivity contribution in [3.8, 4) is 0 Å². The lowest BCUT2D eigenvalue weighted by molar-refractivity contribution is 0.186. The van der Waals surface area contributed by atoms with Gasteiger partial charge in [-0.05, 0) is 87.9 Å². The lowest BCUT2D eigenvalue weighted by atomic mass is 9.73. The molecule has 24 heavy (non-hydrogen) atoms. The summed E-state index contributed by atoms with van der Waals surface area (Å²) in [5, 5.41) is 0. The molecule has 140 valence electrons. The topological polar surface area (TPSA) is 3.24 Å². The third kappa shape index (κ3) is 8.54. The zero-order chi connectivity index (χ0) is 18.0. The molecule has 3 unspecified atom stereocenters. The summed E-state index contributed by atoms with van der Waals surface area (Å²) in [6, 6.07) is 0. The molecular formula is C23H43N. The second kappa shape index (κ2) is 11.2. The van der Waals surface area contributed by atoms with E-state index in [4.69, 9.17) is 0 Å². The summed E-state index contributed by atoms with van der Waals surface area (Å²) in [7, 11) is 2.30.